The Morgan fingerprint density at radius 2 is 2.12 bits per heavy atom. The van der Waals surface area contributed by atoms with E-state index in [-0.39, 0.29) is 36.0 Å². The predicted octanol–water partition coefficient (Wildman–Crippen LogP) is 1.53. The van der Waals surface area contributed by atoms with Gasteiger partial charge in [0.1, 0.15) is 12.3 Å². The minimum atomic E-state index is -0.823. The molecule has 0 fully saturated rings. The summed E-state index contributed by atoms with van der Waals surface area (Å²) in [5.41, 5.74) is -0.146. The van der Waals surface area contributed by atoms with E-state index in [9.17, 15) is 19.8 Å². The van der Waals surface area contributed by atoms with E-state index >= 15 is 0 Å². The monoisotopic (exact) mass is 358 g/mol. The maximum Gasteiger partial charge on any atom is 0.227 e. The zero-order valence-corrected chi connectivity index (χ0v) is 14.3. The fourth-order valence-corrected chi connectivity index (χ4v) is 2.53. The minimum absolute atomic E-state index is 0.0742. The van der Waals surface area contributed by atoms with Gasteiger partial charge in [-0.05, 0) is 24.6 Å². The number of amides is 1. The SMILES string of the molecule is COc1cc(C(CC(=O)NCC#N)c2oc(C)cc(=O)c2O)ccc1O. The zero-order valence-electron chi connectivity index (χ0n) is 14.3. The van der Waals surface area contributed by atoms with Crippen molar-refractivity contribution < 1.29 is 24.2 Å². The average Bonchev–Trinajstić information content (AvgIpc) is 2.61. The van der Waals surface area contributed by atoms with Gasteiger partial charge in [-0.25, -0.2) is 0 Å². The van der Waals surface area contributed by atoms with Gasteiger partial charge >= 0.3 is 0 Å². The number of nitrogens with zero attached hydrogens (tertiary/aromatic N) is 1. The second-order valence-corrected chi connectivity index (χ2v) is 5.56. The van der Waals surface area contributed by atoms with Gasteiger partial charge in [-0.2, -0.15) is 5.26 Å². The van der Waals surface area contributed by atoms with Crippen LogP contribution >= 0.6 is 0 Å². The van der Waals surface area contributed by atoms with E-state index < -0.39 is 23.0 Å². The Labute approximate surface area is 149 Å². The highest BCUT2D eigenvalue weighted by atomic mass is 16.5. The second kappa shape index (κ2) is 8.07. The molecule has 1 amide bonds. The summed E-state index contributed by atoms with van der Waals surface area (Å²) in [6.45, 7) is 1.38. The van der Waals surface area contributed by atoms with Gasteiger partial charge in [0.2, 0.25) is 17.1 Å². The molecule has 0 saturated carbocycles. The van der Waals surface area contributed by atoms with Gasteiger partial charge in [-0.1, -0.05) is 6.07 Å². The van der Waals surface area contributed by atoms with E-state index in [2.05, 4.69) is 5.32 Å². The largest absolute Gasteiger partial charge is 0.504 e. The zero-order chi connectivity index (χ0) is 19.3. The van der Waals surface area contributed by atoms with Crippen LogP contribution in [0.3, 0.4) is 0 Å². The first-order valence-corrected chi connectivity index (χ1v) is 7.71. The molecule has 0 aliphatic rings. The predicted molar refractivity (Wildman–Crippen MR) is 91.1 cm³/mol. The second-order valence-electron chi connectivity index (χ2n) is 5.56. The smallest absolute Gasteiger partial charge is 0.227 e. The summed E-state index contributed by atoms with van der Waals surface area (Å²) in [4.78, 5) is 24.0. The molecule has 1 aromatic heterocycles. The van der Waals surface area contributed by atoms with Gasteiger partial charge in [-0.3, -0.25) is 9.59 Å². The first-order valence-electron chi connectivity index (χ1n) is 7.71. The number of hydrogen-bond acceptors (Lipinski definition) is 7. The van der Waals surface area contributed by atoms with Crippen LogP contribution in [-0.2, 0) is 4.79 Å². The Morgan fingerprint density at radius 3 is 2.77 bits per heavy atom. The molecule has 0 aliphatic heterocycles. The number of rotatable bonds is 6. The normalized spacial score (nSPS) is 11.4. The summed E-state index contributed by atoms with van der Waals surface area (Å²) in [6.07, 6.45) is -0.185. The molecule has 26 heavy (non-hydrogen) atoms. The summed E-state index contributed by atoms with van der Waals surface area (Å²) in [7, 11) is 1.37. The third kappa shape index (κ3) is 4.13. The molecule has 1 heterocycles. The van der Waals surface area contributed by atoms with Crippen LogP contribution in [0, 0.1) is 18.3 Å². The number of aryl methyl sites for hydroxylation is 1. The summed E-state index contributed by atoms with van der Waals surface area (Å²) in [5.74, 6) is -1.62. The molecule has 2 rings (SSSR count). The number of benzene rings is 1. The third-order valence-electron chi connectivity index (χ3n) is 3.75. The maximum absolute atomic E-state index is 12.1. The van der Waals surface area contributed by atoms with Crippen LogP contribution in [0.4, 0.5) is 0 Å². The van der Waals surface area contributed by atoms with Crippen molar-refractivity contribution in [3.63, 3.8) is 0 Å². The number of hydrogen-bond donors (Lipinski definition) is 3. The quantitative estimate of drug-likeness (QED) is 0.667. The number of phenols is 1. The molecule has 1 atom stereocenters. The fraction of sp³-hybridized carbons (Fsp3) is 0.278. The lowest BCUT2D eigenvalue weighted by Crippen LogP contribution is -2.26. The summed E-state index contributed by atoms with van der Waals surface area (Å²) in [6, 6.07) is 7.33. The molecular formula is C18H18N2O6. The first kappa shape index (κ1) is 18.9. The van der Waals surface area contributed by atoms with E-state index in [4.69, 9.17) is 14.4 Å². The first-order chi connectivity index (χ1) is 12.4. The number of methoxy groups -OCH3 is 1. The van der Waals surface area contributed by atoms with Crippen molar-refractivity contribution in [1.82, 2.24) is 5.32 Å². The highest BCUT2D eigenvalue weighted by Crippen LogP contribution is 2.37. The van der Waals surface area contributed by atoms with Crippen molar-refractivity contribution in [2.45, 2.75) is 19.3 Å². The Bertz CT molecular complexity index is 913. The lowest BCUT2D eigenvalue weighted by atomic mass is 9.91. The molecule has 0 radical (unpaired) electrons. The number of carbonyl (C=O) groups excluding carboxylic acids is 1. The number of carbonyl (C=O) groups is 1. The Hall–Kier alpha value is -3.47. The molecule has 8 nitrogen and oxygen atoms in total. The van der Waals surface area contributed by atoms with Crippen molar-refractivity contribution in [2.24, 2.45) is 0 Å². The summed E-state index contributed by atoms with van der Waals surface area (Å²) < 4.78 is 10.6. The molecule has 2 aromatic rings. The van der Waals surface area contributed by atoms with E-state index in [1.165, 1.54) is 25.3 Å². The Kier molecular flexibility index (Phi) is 5.86. The third-order valence-corrected chi connectivity index (χ3v) is 3.75. The van der Waals surface area contributed by atoms with Crippen LogP contribution < -0.4 is 15.5 Å². The van der Waals surface area contributed by atoms with Crippen molar-refractivity contribution in [1.29, 1.82) is 5.26 Å². The lowest BCUT2D eigenvalue weighted by molar-refractivity contribution is -0.121. The van der Waals surface area contributed by atoms with Gasteiger partial charge in [0.15, 0.2) is 17.3 Å². The van der Waals surface area contributed by atoms with Crippen LogP contribution in [0.25, 0.3) is 0 Å². The van der Waals surface area contributed by atoms with Gasteiger partial charge in [0.05, 0.1) is 19.1 Å². The summed E-state index contributed by atoms with van der Waals surface area (Å²) >= 11 is 0. The van der Waals surface area contributed by atoms with Crippen molar-refractivity contribution in [3.8, 4) is 23.3 Å². The van der Waals surface area contributed by atoms with Gasteiger partial charge < -0.3 is 24.7 Å². The topological polar surface area (TPSA) is 133 Å². The van der Waals surface area contributed by atoms with Crippen molar-refractivity contribution in [3.05, 3.63) is 51.6 Å². The number of nitriles is 1. The highest BCUT2D eigenvalue weighted by Gasteiger charge is 2.26. The van der Waals surface area contributed by atoms with Crippen molar-refractivity contribution >= 4 is 5.91 Å². The van der Waals surface area contributed by atoms with Gasteiger partial charge in [-0.15, -0.1) is 0 Å². The fourth-order valence-electron chi connectivity index (χ4n) is 2.53. The number of nitrogens with one attached hydrogen (secondary N) is 1. The molecule has 0 aliphatic carbocycles. The van der Waals surface area contributed by atoms with E-state index in [0.717, 1.165) is 6.07 Å². The van der Waals surface area contributed by atoms with Gasteiger partial charge in [0.25, 0.3) is 0 Å². The minimum Gasteiger partial charge on any atom is -0.504 e. The molecular weight excluding hydrogens is 340 g/mol. The van der Waals surface area contributed by atoms with Gasteiger partial charge in [0, 0.05) is 12.5 Å². The van der Waals surface area contributed by atoms with Crippen LogP contribution in [-0.4, -0.2) is 29.8 Å². The number of phenolic OH excluding ortho intramolecular Hbond substituents is 1. The molecule has 8 heteroatoms. The Balaban J connectivity index is 2.55. The standard InChI is InChI=1S/C18H18N2O6/c1-10-7-14(22)17(24)18(26-10)12(9-16(23)20-6-5-19)11-3-4-13(21)15(8-11)25-2/h3-4,7-8,12,21,24H,6,9H2,1-2H3,(H,20,23). The van der Waals surface area contributed by atoms with Crippen LogP contribution in [0.1, 0.15) is 29.4 Å². The molecule has 1 aromatic carbocycles. The average molecular weight is 358 g/mol. The highest BCUT2D eigenvalue weighted by molar-refractivity contribution is 5.77. The van der Waals surface area contributed by atoms with Crippen LogP contribution in [0.15, 0.2) is 33.5 Å². The van der Waals surface area contributed by atoms with Crippen molar-refractivity contribution in [2.75, 3.05) is 13.7 Å². The number of ether oxygens (including phenoxy) is 1. The molecule has 136 valence electrons. The van der Waals surface area contributed by atoms with E-state index in [0.29, 0.717) is 5.56 Å². The molecule has 0 bridgehead atoms. The van der Waals surface area contributed by atoms with E-state index in [1.807, 2.05) is 0 Å². The maximum atomic E-state index is 12.1. The molecule has 3 N–H and O–H groups in total. The van der Waals surface area contributed by atoms with E-state index in [1.54, 1.807) is 13.0 Å². The van der Waals surface area contributed by atoms with Crippen LogP contribution in [0.5, 0.6) is 17.2 Å². The lowest BCUT2D eigenvalue weighted by Gasteiger charge is -2.18. The molecule has 0 saturated heterocycles. The number of aromatic hydroxyl groups is 2. The molecule has 0 spiro atoms. The van der Waals surface area contributed by atoms with Crippen LogP contribution in [0.2, 0.25) is 0 Å². The Morgan fingerprint density at radius 1 is 1.38 bits per heavy atom. The summed E-state index contributed by atoms with van der Waals surface area (Å²) in [5, 5.41) is 30.9. The molecule has 1 unspecified atom stereocenters.